The van der Waals surface area contributed by atoms with Crippen LogP contribution in [-0.2, 0) is 19.5 Å². The van der Waals surface area contributed by atoms with Crippen LogP contribution in [0.5, 0.6) is 0 Å². The van der Waals surface area contributed by atoms with Crippen LogP contribution in [0.1, 0.15) is 66.7 Å². The van der Waals surface area contributed by atoms with Gasteiger partial charge in [0.2, 0.25) is 0 Å². The molecule has 0 radical (unpaired) electrons. The number of ether oxygens (including phenoxy) is 2. The molecule has 3 aromatic rings. The van der Waals surface area contributed by atoms with E-state index in [9.17, 15) is 27.6 Å². The molecule has 12 heteroatoms. The minimum atomic E-state index is -4.30. The van der Waals surface area contributed by atoms with Gasteiger partial charge < -0.3 is 14.6 Å². The Morgan fingerprint density at radius 3 is 1.69 bits per heavy atom. The smallest absolute Gasteiger partial charge is 0.340 e. The predicted molar refractivity (Wildman–Crippen MR) is 139 cm³/mol. The average Bonchev–Trinajstić information content (AvgIpc) is 2.88. The summed E-state index contributed by atoms with van der Waals surface area (Å²) in [5.41, 5.74) is 1.24. The molecule has 0 bridgehead atoms. The molecular formula is C27H26N2O9S. The lowest BCUT2D eigenvalue weighted by atomic mass is 9.92. The summed E-state index contributed by atoms with van der Waals surface area (Å²) >= 11 is 0. The topological polar surface area (TPSA) is 166 Å². The Labute approximate surface area is 224 Å². The van der Waals surface area contributed by atoms with Crippen LogP contribution < -0.4 is 4.72 Å². The number of carboxylic acids is 1. The Morgan fingerprint density at radius 2 is 1.26 bits per heavy atom. The fraction of sp³-hybridized carbons (Fsp3) is 0.222. The molecule has 0 unspecified atom stereocenters. The molecule has 0 aliphatic rings. The number of aromatic nitrogens is 1. The molecule has 2 N–H and O–H groups in total. The molecule has 2 aromatic carbocycles. The summed E-state index contributed by atoms with van der Waals surface area (Å²) in [6.45, 7) is 6.67. The number of carbonyl (C=O) groups excluding carboxylic acids is 3. The highest BCUT2D eigenvalue weighted by molar-refractivity contribution is 7.90. The van der Waals surface area contributed by atoms with E-state index >= 15 is 0 Å². The number of sulfonamides is 1. The van der Waals surface area contributed by atoms with Gasteiger partial charge in [0.15, 0.2) is 0 Å². The maximum atomic E-state index is 12.9. The van der Waals surface area contributed by atoms with Gasteiger partial charge in [-0.3, -0.25) is 9.78 Å². The van der Waals surface area contributed by atoms with Gasteiger partial charge in [-0.05, 0) is 69.7 Å². The third kappa shape index (κ3) is 6.29. The fourth-order valence-electron chi connectivity index (χ4n) is 3.85. The zero-order valence-corrected chi connectivity index (χ0v) is 22.4. The van der Waals surface area contributed by atoms with Crippen LogP contribution in [0.4, 0.5) is 0 Å². The van der Waals surface area contributed by atoms with Gasteiger partial charge in [0, 0.05) is 11.1 Å². The van der Waals surface area contributed by atoms with Gasteiger partial charge >= 0.3 is 17.9 Å². The van der Waals surface area contributed by atoms with E-state index < -0.39 is 33.8 Å². The predicted octanol–water partition coefficient (Wildman–Crippen LogP) is 3.54. The maximum Gasteiger partial charge on any atom is 0.340 e. The second-order valence-electron chi connectivity index (χ2n) is 8.19. The van der Waals surface area contributed by atoms with Gasteiger partial charge in [0.1, 0.15) is 0 Å². The van der Waals surface area contributed by atoms with Gasteiger partial charge in [-0.2, -0.15) is 0 Å². The zero-order chi connectivity index (χ0) is 28.9. The summed E-state index contributed by atoms with van der Waals surface area (Å²) in [4.78, 5) is 53.5. The van der Waals surface area contributed by atoms with Gasteiger partial charge in [-0.1, -0.05) is 12.1 Å². The van der Waals surface area contributed by atoms with Crippen molar-refractivity contribution < 1.29 is 42.2 Å². The summed E-state index contributed by atoms with van der Waals surface area (Å²) in [7, 11) is -4.30. The van der Waals surface area contributed by atoms with Gasteiger partial charge in [-0.15, -0.1) is 0 Å². The Bertz CT molecular complexity index is 1500. The van der Waals surface area contributed by atoms with Crippen molar-refractivity contribution in [3.8, 4) is 11.1 Å². The Hall–Kier alpha value is -4.58. The first-order valence-electron chi connectivity index (χ1n) is 11.8. The van der Waals surface area contributed by atoms with Gasteiger partial charge in [-0.25, -0.2) is 27.5 Å². The third-order valence-corrected chi connectivity index (χ3v) is 6.94. The van der Waals surface area contributed by atoms with Crippen molar-refractivity contribution in [1.29, 1.82) is 0 Å². The first-order valence-corrected chi connectivity index (χ1v) is 13.3. The molecule has 11 nitrogen and oxygen atoms in total. The number of amides is 1. The number of nitrogens with one attached hydrogen (secondary N) is 1. The van der Waals surface area contributed by atoms with E-state index in [2.05, 4.69) is 4.98 Å². The third-order valence-electron chi connectivity index (χ3n) is 5.59. The second-order valence-corrected chi connectivity index (χ2v) is 9.87. The molecule has 0 spiro atoms. The number of hydrogen-bond acceptors (Lipinski definition) is 9. The Morgan fingerprint density at radius 1 is 0.795 bits per heavy atom. The SMILES string of the molecule is CCOC(=O)c1c(C)nc(C)c(C(=O)OCC)c1-c1ccc(C(=O)NS(=O)(=O)c2ccc(C(=O)O)cc2)cc1. The number of nitrogens with zero attached hydrogens (tertiary/aromatic N) is 1. The number of carboxylic acid groups (broad SMARTS) is 1. The highest BCUT2D eigenvalue weighted by Crippen LogP contribution is 2.33. The van der Waals surface area contributed by atoms with Crippen LogP contribution in [0.25, 0.3) is 11.1 Å². The summed E-state index contributed by atoms with van der Waals surface area (Å²) < 4.78 is 37.6. The molecule has 0 atom stereocenters. The lowest BCUT2D eigenvalue weighted by Gasteiger charge is -2.18. The summed E-state index contributed by atoms with van der Waals surface area (Å²) in [6, 6.07) is 9.96. The van der Waals surface area contributed by atoms with Crippen LogP contribution in [0, 0.1) is 13.8 Å². The van der Waals surface area contributed by atoms with E-state index in [1.807, 2.05) is 4.72 Å². The molecule has 39 heavy (non-hydrogen) atoms. The largest absolute Gasteiger partial charge is 0.478 e. The summed E-state index contributed by atoms with van der Waals surface area (Å²) in [6.07, 6.45) is 0. The molecule has 0 saturated heterocycles. The zero-order valence-electron chi connectivity index (χ0n) is 21.6. The number of aromatic carboxylic acids is 1. The molecule has 3 rings (SSSR count). The van der Waals surface area contributed by atoms with Crippen molar-refractivity contribution in [3.63, 3.8) is 0 Å². The molecular weight excluding hydrogens is 528 g/mol. The van der Waals surface area contributed by atoms with E-state index in [4.69, 9.17) is 14.6 Å². The van der Waals surface area contributed by atoms with Gasteiger partial charge in [0.25, 0.3) is 15.9 Å². The van der Waals surface area contributed by atoms with E-state index in [-0.39, 0.29) is 45.9 Å². The Balaban J connectivity index is 2.01. The number of hydrogen-bond donors (Lipinski definition) is 2. The molecule has 0 aliphatic carbocycles. The maximum absolute atomic E-state index is 12.9. The highest BCUT2D eigenvalue weighted by Gasteiger charge is 2.28. The van der Waals surface area contributed by atoms with Crippen LogP contribution in [0.2, 0.25) is 0 Å². The van der Waals surface area contributed by atoms with Crippen molar-refractivity contribution >= 4 is 33.8 Å². The van der Waals surface area contributed by atoms with Crippen molar-refractivity contribution in [2.75, 3.05) is 13.2 Å². The molecule has 0 aliphatic heterocycles. The second kappa shape index (κ2) is 11.9. The number of aryl methyl sites for hydroxylation is 2. The van der Waals surface area contributed by atoms with Crippen molar-refractivity contribution in [2.24, 2.45) is 0 Å². The number of rotatable bonds is 9. The lowest BCUT2D eigenvalue weighted by molar-refractivity contribution is 0.0523. The average molecular weight is 555 g/mol. The van der Waals surface area contributed by atoms with Crippen molar-refractivity contribution in [1.82, 2.24) is 9.71 Å². The Kier molecular flexibility index (Phi) is 8.81. The van der Waals surface area contributed by atoms with Crippen molar-refractivity contribution in [2.45, 2.75) is 32.6 Å². The molecule has 1 heterocycles. The molecule has 204 valence electrons. The quantitative estimate of drug-likeness (QED) is 0.374. The lowest BCUT2D eigenvalue weighted by Crippen LogP contribution is -2.30. The first kappa shape index (κ1) is 29.0. The van der Waals surface area contributed by atoms with Crippen LogP contribution >= 0.6 is 0 Å². The molecule has 0 saturated carbocycles. The van der Waals surface area contributed by atoms with E-state index in [1.165, 1.54) is 24.3 Å². The molecule has 1 aromatic heterocycles. The van der Waals surface area contributed by atoms with Crippen molar-refractivity contribution in [3.05, 3.63) is 82.2 Å². The molecule has 0 fully saturated rings. The normalized spacial score (nSPS) is 11.0. The number of benzene rings is 2. The standard InChI is InChI=1S/C27H26N2O9S/c1-5-37-26(33)21-15(3)28-16(4)22(27(34)38-6-2)23(21)17-7-9-18(10-8-17)24(30)29-39(35,36)20-13-11-19(12-14-20)25(31)32/h7-14H,5-6H2,1-4H3,(H,29,30)(H,31,32). The number of carbonyl (C=O) groups is 4. The summed E-state index contributed by atoms with van der Waals surface area (Å²) in [5, 5.41) is 8.98. The minimum absolute atomic E-state index is 0.0256. The number of pyridine rings is 1. The monoisotopic (exact) mass is 554 g/mol. The van der Waals surface area contributed by atoms with Crippen LogP contribution in [0.15, 0.2) is 53.4 Å². The van der Waals surface area contributed by atoms with E-state index in [0.717, 1.165) is 24.3 Å². The van der Waals surface area contributed by atoms with Crippen LogP contribution in [0.3, 0.4) is 0 Å². The minimum Gasteiger partial charge on any atom is -0.478 e. The fourth-order valence-corrected chi connectivity index (χ4v) is 4.82. The molecule has 1 amide bonds. The van der Waals surface area contributed by atoms with Gasteiger partial charge in [0.05, 0.1) is 46.2 Å². The van der Waals surface area contributed by atoms with Crippen LogP contribution in [-0.4, -0.2) is 55.5 Å². The van der Waals surface area contributed by atoms with E-state index in [1.54, 1.807) is 27.7 Å². The summed E-state index contributed by atoms with van der Waals surface area (Å²) in [5.74, 6) is -3.54. The number of esters is 2. The van der Waals surface area contributed by atoms with E-state index in [0.29, 0.717) is 17.0 Å². The first-order chi connectivity index (χ1) is 18.4. The highest BCUT2D eigenvalue weighted by atomic mass is 32.2.